The maximum Gasteiger partial charge on any atom is 0.344 e. The SMILES string of the molecule is O=C(Oc1ccccc1)c1ccccc1C=Nc1cccc(Cl)c1. The van der Waals surface area contributed by atoms with Crippen molar-refractivity contribution in [2.24, 2.45) is 4.99 Å². The summed E-state index contributed by atoms with van der Waals surface area (Å²) in [5.41, 5.74) is 1.85. The molecular weight excluding hydrogens is 322 g/mol. The third-order valence-corrected chi connectivity index (χ3v) is 3.53. The molecule has 4 heteroatoms. The zero-order chi connectivity index (χ0) is 16.8. The molecule has 0 saturated heterocycles. The molecule has 0 aromatic heterocycles. The Morgan fingerprint density at radius 3 is 2.46 bits per heavy atom. The highest BCUT2D eigenvalue weighted by Crippen LogP contribution is 2.19. The van der Waals surface area contributed by atoms with Gasteiger partial charge in [0.1, 0.15) is 5.75 Å². The second kappa shape index (κ2) is 7.57. The van der Waals surface area contributed by atoms with E-state index in [4.69, 9.17) is 16.3 Å². The van der Waals surface area contributed by atoms with Crippen LogP contribution in [0.15, 0.2) is 83.9 Å². The topological polar surface area (TPSA) is 38.7 Å². The second-order valence-corrected chi connectivity index (χ2v) is 5.46. The summed E-state index contributed by atoms with van der Waals surface area (Å²) in [6, 6.07) is 23.3. The van der Waals surface area contributed by atoms with Crippen molar-refractivity contribution >= 4 is 29.5 Å². The monoisotopic (exact) mass is 335 g/mol. The molecule has 0 heterocycles. The van der Waals surface area contributed by atoms with Crippen molar-refractivity contribution in [3.63, 3.8) is 0 Å². The predicted molar refractivity (Wildman–Crippen MR) is 96.5 cm³/mol. The van der Waals surface area contributed by atoms with Gasteiger partial charge in [-0.2, -0.15) is 0 Å². The molecule has 0 atom stereocenters. The summed E-state index contributed by atoms with van der Waals surface area (Å²) in [6.45, 7) is 0. The van der Waals surface area contributed by atoms with Crippen molar-refractivity contribution in [1.29, 1.82) is 0 Å². The molecule has 0 aliphatic rings. The van der Waals surface area contributed by atoms with Crippen molar-refractivity contribution in [1.82, 2.24) is 0 Å². The fourth-order valence-electron chi connectivity index (χ4n) is 2.15. The molecule has 0 unspecified atom stereocenters. The van der Waals surface area contributed by atoms with Crippen molar-refractivity contribution in [2.45, 2.75) is 0 Å². The van der Waals surface area contributed by atoms with Gasteiger partial charge in [0, 0.05) is 16.8 Å². The van der Waals surface area contributed by atoms with E-state index < -0.39 is 5.97 Å². The zero-order valence-electron chi connectivity index (χ0n) is 12.7. The highest BCUT2D eigenvalue weighted by Gasteiger charge is 2.12. The van der Waals surface area contributed by atoms with E-state index in [0.717, 1.165) is 0 Å². The van der Waals surface area contributed by atoms with Gasteiger partial charge in [0.2, 0.25) is 0 Å². The highest BCUT2D eigenvalue weighted by atomic mass is 35.5. The van der Waals surface area contributed by atoms with Crippen LogP contribution < -0.4 is 4.74 Å². The van der Waals surface area contributed by atoms with E-state index in [9.17, 15) is 4.79 Å². The standard InChI is InChI=1S/C20H14ClNO2/c21-16-8-6-9-17(13-16)22-14-15-7-4-5-12-19(15)20(23)24-18-10-2-1-3-11-18/h1-14H. The zero-order valence-corrected chi connectivity index (χ0v) is 13.5. The molecule has 118 valence electrons. The van der Waals surface area contributed by atoms with E-state index in [0.29, 0.717) is 27.6 Å². The smallest absolute Gasteiger partial charge is 0.344 e. The van der Waals surface area contributed by atoms with E-state index >= 15 is 0 Å². The Bertz CT molecular complexity index is 876. The Morgan fingerprint density at radius 1 is 0.917 bits per heavy atom. The number of ether oxygens (including phenoxy) is 1. The Hall–Kier alpha value is -2.91. The number of esters is 1. The molecule has 3 aromatic rings. The van der Waals surface area contributed by atoms with Gasteiger partial charge in [-0.3, -0.25) is 4.99 Å². The first-order valence-corrected chi connectivity index (χ1v) is 7.76. The summed E-state index contributed by atoms with van der Waals surface area (Å²) >= 11 is 5.95. The molecule has 3 aromatic carbocycles. The van der Waals surface area contributed by atoms with Crippen LogP contribution in [0.1, 0.15) is 15.9 Å². The number of carbonyl (C=O) groups is 1. The van der Waals surface area contributed by atoms with E-state index in [1.807, 2.05) is 42.5 Å². The van der Waals surface area contributed by atoms with Crippen LogP contribution in [-0.4, -0.2) is 12.2 Å². The molecular formula is C20H14ClNO2. The van der Waals surface area contributed by atoms with Crippen LogP contribution in [-0.2, 0) is 0 Å². The van der Waals surface area contributed by atoms with Gasteiger partial charge >= 0.3 is 5.97 Å². The molecule has 0 aliphatic heterocycles. The van der Waals surface area contributed by atoms with Gasteiger partial charge in [-0.15, -0.1) is 0 Å². The van der Waals surface area contributed by atoms with Gasteiger partial charge in [-0.1, -0.05) is 54.1 Å². The van der Waals surface area contributed by atoms with Crippen molar-refractivity contribution in [3.05, 3.63) is 95.0 Å². The third kappa shape index (κ3) is 4.09. The van der Waals surface area contributed by atoms with Crippen LogP contribution >= 0.6 is 11.6 Å². The van der Waals surface area contributed by atoms with Crippen LogP contribution in [0.4, 0.5) is 5.69 Å². The molecule has 3 rings (SSSR count). The number of aliphatic imine (C=N–C) groups is 1. The Labute approximate surface area is 145 Å². The van der Waals surface area contributed by atoms with E-state index in [2.05, 4.69) is 4.99 Å². The minimum Gasteiger partial charge on any atom is -0.423 e. The Morgan fingerprint density at radius 2 is 1.67 bits per heavy atom. The third-order valence-electron chi connectivity index (χ3n) is 3.30. The number of carbonyl (C=O) groups excluding carboxylic acids is 1. The Kier molecular flexibility index (Phi) is 5.04. The number of hydrogen-bond donors (Lipinski definition) is 0. The van der Waals surface area contributed by atoms with E-state index in [1.54, 1.807) is 42.6 Å². The van der Waals surface area contributed by atoms with Crippen molar-refractivity contribution in [3.8, 4) is 5.75 Å². The van der Waals surface area contributed by atoms with Crippen LogP contribution in [0.25, 0.3) is 0 Å². The fourth-order valence-corrected chi connectivity index (χ4v) is 2.33. The maximum atomic E-state index is 12.4. The van der Waals surface area contributed by atoms with Crippen molar-refractivity contribution < 1.29 is 9.53 Å². The highest BCUT2D eigenvalue weighted by molar-refractivity contribution is 6.30. The number of halogens is 1. The van der Waals surface area contributed by atoms with Gasteiger partial charge < -0.3 is 4.74 Å². The number of nitrogens with zero attached hydrogens (tertiary/aromatic N) is 1. The molecule has 24 heavy (non-hydrogen) atoms. The number of para-hydroxylation sites is 1. The molecule has 0 aliphatic carbocycles. The molecule has 0 fully saturated rings. The van der Waals surface area contributed by atoms with Crippen LogP contribution in [0.5, 0.6) is 5.75 Å². The average Bonchev–Trinajstić information content (AvgIpc) is 2.61. The first kappa shape index (κ1) is 16.0. The number of hydrogen-bond acceptors (Lipinski definition) is 3. The molecule has 0 saturated carbocycles. The summed E-state index contributed by atoms with van der Waals surface area (Å²) in [6.07, 6.45) is 1.63. The lowest BCUT2D eigenvalue weighted by atomic mass is 10.1. The lowest BCUT2D eigenvalue weighted by Crippen LogP contribution is -2.11. The molecule has 0 bridgehead atoms. The van der Waals surface area contributed by atoms with Gasteiger partial charge in [-0.05, 0) is 36.4 Å². The summed E-state index contributed by atoms with van der Waals surface area (Å²) < 4.78 is 5.39. The van der Waals surface area contributed by atoms with Crippen LogP contribution in [0.2, 0.25) is 5.02 Å². The average molecular weight is 336 g/mol. The van der Waals surface area contributed by atoms with Crippen LogP contribution in [0, 0.1) is 0 Å². The summed E-state index contributed by atoms with van der Waals surface area (Å²) in [5.74, 6) is 0.0819. The van der Waals surface area contributed by atoms with Gasteiger partial charge in [0.05, 0.1) is 11.3 Å². The second-order valence-electron chi connectivity index (χ2n) is 5.03. The molecule has 0 radical (unpaired) electrons. The number of benzene rings is 3. The molecule has 0 spiro atoms. The van der Waals surface area contributed by atoms with Gasteiger partial charge in [0.25, 0.3) is 0 Å². The maximum absolute atomic E-state index is 12.4. The minimum absolute atomic E-state index is 0.422. The Balaban J connectivity index is 1.84. The molecule has 3 nitrogen and oxygen atoms in total. The van der Waals surface area contributed by atoms with Crippen LogP contribution in [0.3, 0.4) is 0 Å². The molecule has 0 N–H and O–H groups in total. The minimum atomic E-state index is -0.422. The quantitative estimate of drug-likeness (QED) is 0.368. The lowest BCUT2D eigenvalue weighted by Gasteiger charge is -2.06. The summed E-state index contributed by atoms with van der Waals surface area (Å²) in [4.78, 5) is 16.8. The molecule has 0 amide bonds. The first-order valence-electron chi connectivity index (χ1n) is 7.38. The van der Waals surface area contributed by atoms with Crippen molar-refractivity contribution in [2.75, 3.05) is 0 Å². The largest absolute Gasteiger partial charge is 0.423 e. The fraction of sp³-hybridized carbons (Fsp3) is 0. The van der Waals surface area contributed by atoms with Gasteiger partial charge in [-0.25, -0.2) is 4.79 Å². The normalized spacial score (nSPS) is 10.7. The summed E-state index contributed by atoms with van der Waals surface area (Å²) in [5, 5.41) is 0.612. The number of rotatable bonds is 4. The van der Waals surface area contributed by atoms with Gasteiger partial charge in [0.15, 0.2) is 0 Å². The van der Waals surface area contributed by atoms with E-state index in [-0.39, 0.29) is 0 Å². The van der Waals surface area contributed by atoms with E-state index in [1.165, 1.54) is 0 Å². The first-order chi connectivity index (χ1) is 11.7. The summed E-state index contributed by atoms with van der Waals surface area (Å²) in [7, 11) is 0. The lowest BCUT2D eigenvalue weighted by molar-refractivity contribution is 0.0734. The predicted octanol–water partition coefficient (Wildman–Crippen LogP) is 5.31.